The van der Waals surface area contributed by atoms with Crippen LogP contribution in [-0.4, -0.2) is 35.5 Å². The quantitative estimate of drug-likeness (QED) is 0.806. The molecule has 0 bridgehead atoms. The number of aromatic nitrogens is 3. The molecule has 1 heterocycles. The second-order valence-corrected chi connectivity index (χ2v) is 5.14. The van der Waals surface area contributed by atoms with Gasteiger partial charge in [0.05, 0.1) is 7.11 Å². The summed E-state index contributed by atoms with van der Waals surface area (Å²) < 4.78 is 7.41. The summed E-state index contributed by atoms with van der Waals surface area (Å²) in [6, 6.07) is 8.21. The lowest BCUT2D eigenvalue weighted by Crippen LogP contribution is -2.24. The van der Waals surface area contributed by atoms with E-state index in [2.05, 4.69) is 34.5 Å². The highest BCUT2D eigenvalue weighted by atomic mass is 16.5. The Kier molecular flexibility index (Phi) is 5.75. The summed E-state index contributed by atoms with van der Waals surface area (Å²) in [6.07, 6.45) is 3.51. The summed E-state index contributed by atoms with van der Waals surface area (Å²) in [5, 5.41) is 7.53. The third kappa shape index (κ3) is 4.04. The summed E-state index contributed by atoms with van der Waals surface area (Å²) in [7, 11) is 3.71. The Morgan fingerprint density at radius 1 is 1.29 bits per heavy atom. The second kappa shape index (κ2) is 7.78. The van der Waals surface area contributed by atoms with Gasteiger partial charge in [0.15, 0.2) is 0 Å². The highest BCUT2D eigenvalue weighted by Gasteiger charge is 2.15. The molecule has 0 fully saturated rings. The molecule has 1 atom stereocenters. The smallest absolute Gasteiger partial charge is 0.138 e. The maximum Gasteiger partial charge on any atom is 0.138 e. The third-order valence-electron chi connectivity index (χ3n) is 3.66. The van der Waals surface area contributed by atoms with Crippen LogP contribution in [0, 0.1) is 5.92 Å². The fourth-order valence-electron chi connectivity index (χ4n) is 2.66. The predicted octanol–water partition coefficient (Wildman–Crippen LogP) is 1.93. The number of ether oxygens (including phenoxy) is 1. The van der Waals surface area contributed by atoms with Crippen molar-refractivity contribution in [2.45, 2.75) is 26.3 Å². The number of nitrogens with zero attached hydrogens (tertiary/aromatic N) is 3. The van der Waals surface area contributed by atoms with Gasteiger partial charge in [0.25, 0.3) is 0 Å². The molecular weight excluding hydrogens is 264 g/mol. The first-order chi connectivity index (χ1) is 10.3. The van der Waals surface area contributed by atoms with Crippen LogP contribution in [0.15, 0.2) is 30.6 Å². The molecule has 1 aromatic heterocycles. The Morgan fingerprint density at radius 3 is 2.81 bits per heavy atom. The van der Waals surface area contributed by atoms with E-state index in [-0.39, 0.29) is 0 Å². The minimum atomic E-state index is 0.459. The SMILES string of the molecule is CCn1ncnc1CC(CNC)Cc1ccccc1OC. The summed E-state index contributed by atoms with van der Waals surface area (Å²) >= 11 is 0. The van der Waals surface area contributed by atoms with Crippen molar-refractivity contribution in [1.82, 2.24) is 20.1 Å². The van der Waals surface area contributed by atoms with Crippen LogP contribution in [0.4, 0.5) is 0 Å². The summed E-state index contributed by atoms with van der Waals surface area (Å²) in [5.41, 5.74) is 1.24. The fraction of sp³-hybridized carbons (Fsp3) is 0.500. The lowest BCUT2D eigenvalue weighted by molar-refractivity contribution is 0.399. The van der Waals surface area contributed by atoms with Crippen LogP contribution >= 0.6 is 0 Å². The summed E-state index contributed by atoms with van der Waals surface area (Å²) in [6.45, 7) is 3.89. The van der Waals surface area contributed by atoms with E-state index < -0.39 is 0 Å². The Bertz CT molecular complexity index is 553. The lowest BCUT2D eigenvalue weighted by atomic mass is 9.95. The van der Waals surface area contributed by atoms with Crippen LogP contribution in [-0.2, 0) is 19.4 Å². The largest absolute Gasteiger partial charge is 0.496 e. The standard InChI is InChI=1S/C16H24N4O/c1-4-20-16(18-12-19-20)10-13(11-17-2)9-14-7-5-6-8-15(14)21-3/h5-8,12-13,17H,4,9-11H2,1-3H3. The number of hydrogen-bond donors (Lipinski definition) is 1. The Labute approximate surface area is 126 Å². The van der Waals surface area contributed by atoms with E-state index in [1.807, 2.05) is 23.9 Å². The van der Waals surface area contributed by atoms with Crippen LogP contribution in [0.3, 0.4) is 0 Å². The van der Waals surface area contributed by atoms with Crippen molar-refractivity contribution in [3.8, 4) is 5.75 Å². The van der Waals surface area contributed by atoms with Crippen LogP contribution in [0.2, 0.25) is 0 Å². The van der Waals surface area contributed by atoms with Crippen LogP contribution in [0.25, 0.3) is 0 Å². The predicted molar refractivity (Wildman–Crippen MR) is 83.5 cm³/mol. The van der Waals surface area contributed by atoms with Crippen molar-refractivity contribution in [3.05, 3.63) is 42.0 Å². The van der Waals surface area contributed by atoms with Gasteiger partial charge in [-0.15, -0.1) is 0 Å². The summed E-state index contributed by atoms with van der Waals surface area (Å²) in [4.78, 5) is 4.39. The van der Waals surface area contributed by atoms with Crippen molar-refractivity contribution < 1.29 is 4.74 Å². The number of benzene rings is 1. The van der Waals surface area contributed by atoms with Crippen LogP contribution < -0.4 is 10.1 Å². The first-order valence-electron chi connectivity index (χ1n) is 7.41. The first-order valence-corrected chi connectivity index (χ1v) is 7.41. The zero-order valence-corrected chi connectivity index (χ0v) is 13.0. The molecule has 1 N–H and O–H groups in total. The molecule has 0 saturated heterocycles. The minimum Gasteiger partial charge on any atom is -0.496 e. The monoisotopic (exact) mass is 288 g/mol. The molecule has 1 unspecified atom stereocenters. The molecule has 21 heavy (non-hydrogen) atoms. The van der Waals surface area contributed by atoms with Gasteiger partial charge in [0, 0.05) is 13.0 Å². The molecule has 2 aromatic rings. The Morgan fingerprint density at radius 2 is 2.10 bits per heavy atom. The molecule has 1 aromatic carbocycles. The van der Waals surface area contributed by atoms with Crippen molar-refractivity contribution >= 4 is 0 Å². The van der Waals surface area contributed by atoms with Gasteiger partial charge in [-0.2, -0.15) is 5.10 Å². The molecule has 0 amide bonds. The van der Waals surface area contributed by atoms with E-state index in [9.17, 15) is 0 Å². The summed E-state index contributed by atoms with van der Waals surface area (Å²) in [5.74, 6) is 2.46. The van der Waals surface area contributed by atoms with Crippen molar-refractivity contribution in [1.29, 1.82) is 0 Å². The van der Waals surface area contributed by atoms with Gasteiger partial charge in [0.2, 0.25) is 0 Å². The van der Waals surface area contributed by atoms with Gasteiger partial charge in [-0.05, 0) is 44.5 Å². The molecular formula is C16H24N4O. The molecule has 0 aliphatic carbocycles. The van der Waals surface area contributed by atoms with Crippen LogP contribution in [0.5, 0.6) is 5.75 Å². The van der Waals surface area contributed by atoms with Gasteiger partial charge >= 0.3 is 0 Å². The fourth-order valence-corrected chi connectivity index (χ4v) is 2.66. The van der Waals surface area contributed by atoms with Gasteiger partial charge in [0.1, 0.15) is 17.9 Å². The number of nitrogens with one attached hydrogen (secondary N) is 1. The molecule has 2 rings (SSSR count). The van der Waals surface area contributed by atoms with Crippen LogP contribution in [0.1, 0.15) is 18.3 Å². The molecule has 0 aliphatic heterocycles. The average molecular weight is 288 g/mol. The van der Waals surface area contributed by atoms with E-state index in [1.165, 1.54) is 5.56 Å². The molecule has 5 heteroatoms. The topological polar surface area (TPSA) is 52.0 Å². The minimum absolute atomic E-state index is 0.459. The first kappa shape index (κ1) is 15.5. The van der Waals surface area contributed by atoms with Crippen molar-refractivity contribution in [2.24, 2.45) is 5.92 Å². The number of rotatable bonds is 8. The van der Waals surface area contributed by atoms with E-state index in [1.54, 1.807) is 13.4 Å². The van der Waals surface area contributed by atoms with Gasteiger partial charge < -0.3 is 10.1 Å². The second-order valence-electron chi connectivity index (χ2n) is 5.14. The van der Waals surface area contributed by atoms with E-state index >= 15 is 0 Å². The molecule has 5 nitrogen and oxygen atoms in total. The van der Waals surface area contributed by atoms with E-state index in [0.717, 1.165) is 37.5 Å². The average Bonchev–Trinajstić information content (AvgIpc) is 2.95. The maximum absolute atomic E-state index is 5.45. The Balaban J connectivity index is 2.12. The third-order valence-corrected chi connectivity index (χ3v) is 3.66. The highest BCUT2D eigenvalue weighted by molar-refractivity contribution is 5.33. The number of hydrogen-bond acceptors (Lipinski definition) is 4. The Hall–Kier alpha value is -1.88. The molecule has 0 radical (unpaired) electrons. The van der Waals surface area contributed by atoms with Gasteiger partial charge in [-0.3, -0.25) is 4.68 Å². The van der Waals surface area contributed by atoms with Gasteiger partial charge in [-0.25, -0.2) is 4.98 Å². The molecule has 0 spiro atoms. The normalized spacial score (nSPS) is 12.3. The number of para-hydroxylation sites is 1. The van der Waals surface area contributed by atoms with Gasteiger partial charge in [-0.1, -0.05) is 18.2 Å². The number of aryl methyl sites for hydroxylation is 1. The molecule has 0 aliphatic rings. The van der Waals surface area contributed by atoms with Crippen molar-refractivity contribution in [3.63, 3.8) is 0 Å². The maximum atomic E-state index is 5.45. The zero-order valence-electron chi connectivity index (χ0n) is 13.0. The highest BCUT2D eigenvalue weighted by Crippen LogP contribution is 2.22. The number of methoxy groups -OCH3 is 1. The van der Waals surface area contributed by atoms with Crippen molar-refractivity contribution in [2.75, 3.05) is 20.7 Å². The molecule has 114 valence electrons. The molecule has 0 saturated carbocycles. The van der Waals surface area contributed by atoms with E-state index in [0.29, 0.717) is 5.92 Å². The zero-order chi connectivity index (χ0) is 15.1. The van der Waals surface area contributed by atoms with E-state index in [4.69, 9.17) is 4.74 Å². The lowest BCUT2D eigenvalue weighted by Gasteiger charge is -2.18.